The Morgan fingerprint density at radius 2 is 1.81 bits per heavy atom. The summed E-state index contributed by atoms with van der Waals surface area (Å²) < 4.78 is 0. The van der Waals surface area contributed by atoms with Crippen LogP contribution in [0.1, 0.15) is 43.2 Å². The molecule has 2 rings (SSSR count). The quantitative estimate of drug-likeness (QED) is 0.814. The van der Waals surface area contributed by atoms with Crippen LogP contribution in [-0.4, -0.2) is 11.3 Å². The van der Waals surface area contributed by atoms with E-state index in [2.05, 4.69) is 43.5 Å². The lowest BCUT2D eigenvalue weighted by Crippen LogP contribution is -2.21. The molecule has 1 atom stereocenters. The van der Waals surface area contributed by atoms with E-state index >= 15 is 0 Å². The van der Waals surface area contributed by atoms with E-state index in [9.17, 15) is 0 Å². The maximum absolute atomic E-state index is 9.00. The van der Waals surface area contributed by atoms with Crippen molar-refractivity contribution in [2.24, 2.45) is 5.73 Å². The summed E-state index contributed by atoms with van der Waals surface area (Å²) in [5.74, 6) is 0. The molecule has 1 heterocycles. The summed E-state index contributed by atoms with van der Waals surface area (Å²) in [6, 6.07) is 12.4. The molecule has 0 saturated heterocycles. The van der Waals surface area contributed by atoms with Gasteiger partial charge in [0, 0.05) is 11.3 Å². The summed E-state index contributed by atoms with van der Waals surface area (Å²) in [7, 11) is 0. The van der Waals surface area contributed by atoms with Crippen LogP contribution in [0.4, 0.5) is 0 Å². The average molecular weight is 308 g/mol. The number of aliphatic hydroxyl groups excluding tert-OH is 1. The monoisotopic (exact) mass is 307 g/mol. The third-order valence-corrected chi connectivity index (χ3v) is 3.44. The van der Waals surface area contributed by atoms with Crippen LogP contribution in [-0.2, 0) is 12.8 Å². The molecule has 0 spiro atoms. The van der Waals surface area contributed by atoms with Gasteiger partial charge in [-0.2, -0.15) is 0 Å². The Hall–Kier alpha value is -1.16. The van der Waals surface area contributed by atoms with E-state index in [1.54, 1.807) is 11.3 Å². The fourth-order valence-corrected chi connectivity index (χ4v) is 2.33. The van der Waals surface area contributed by atoms with Crippen LogP contribution in [0.25, 0.3) is 0 Å². The average Bonchev–Trinajstić information content (AvgIpc) is 2.93. The van der Waals surface area contributed by atoms with E-state index in [0.29, 0.717) is 6.42 Å². The molecule has 3 N–H and O–H groups in total. The van der Waals surface area contributed by atoms with Crippen LogP contribution in [0.2, 0.25) is 0 Å². The summed E-state index contributed by atoms with van der Waals surface area (Å²) in [5.41, 5.74) is 7.74. The Morgan fingerprint density at radius 3 is 2.24 bits per heavy atom. The van der Waals surface area contributed by atoms with Crippen LogP contribution < -0.4 is 5.73 Å². The van der Waals surface area contributed by atoms with Crippen molar-refractivity contribution in [1.29, 1.82) is 0 Å². The third-order valence-electron chi connectivity index (χ3n) is 2.64. The Balaban J connectivity index is 0.000000416. The van der Waals surface area contributed by atoms with Crippen molar-refractivity contribution >= 4 is 11.3 Å². The van der Waals surface area contributed by atoms with Gasteiger partial charge in [0.2, 0.25) is 0 Å². The highest BCUT2D eigenvalue weighted by molar-refractivity contribution is 7.09. The molecule has 0 aliphatic heterocycles. The maximum Gasteiger partial charge on any atom is 0.106 e. The first kappa shape index (κ1) is 19.8. The molecular formula is C18H29NOS. The number of aliphatic hydroxyl groups is 1. The zero-order valence-corrected chi connectivity index (χ0v) is 14.5. The number of aryl methyl sites for hydroxylation is 2. The van der Waals surface area contributed by atoms with Gasteiger partial charge in [0.05, 0.1) is 0 Å². The standard InChI is InChI=1S/C11H17NO.C5H6S.C2H6/c1-2-4-9-5-3-6-10(7-9)8-11(12)13;1-5-3-2-4-6-5;1-2/h3,5-7,11,13H,2,4,8,12H2,1H3;2-4H,1H3;1-2H3. The molecule has 2 nitrogen and oxygen atoms in total. The van der Waals surface area contributed by atoms with E-state index < -0.39 is 6.23 Å². The van der Waals surface area contributed by atoms with Crippen molar-refractivity contribution in [3.63, 3.8) is 0 Å². The van der Waals surface area contributed by atoms with Crippen LogP contribution >= 0.6 is 11.3 Å². The summed E-state index contributed by atoms with van der Waals surface area (Å²) in [4.78, 5) is 1.38. The highest BCUT2D eigenvalue weighted by atomic mass is 32.1. The summed E-state index contributed by atoms with van der Waals surface area (Å²) in [6.07, 6.45) is 2.04. The first-order valence-corrected chi connectivity index (χ1v) is 8.51. The van der Waals surface area contributed by atoms with Gasteiger partial charge >= 0.3 is 0 Å². The van der Waals surface area contributed by atoms with E-state index in [4.69, 9.17) is 10.8 Å². The summed E-state index contributed by atoms with van der Waals surface area (Å²) in [5, 5.41) is 11.1. The molecule has 118 valence electrons. The van der Waals surface area contributed by atoms with Gasteiger partial charge in [-0.1, -0.05) is 57.5 Å². The van der Waals surface area contributed by atoms with Gasteiger partial charge in [0.25, 0.3) is 0 Å². The second kappa shape index (κ2) is 12.6. The van der Waals surface area contributed by atoms with Crippen LogP contribution in [0.3, 0.4) is 0 Å². The number of thiophene rings is 1. The van der Waals surface area contributed by atoms with Crippen molar-refractivity contribution in [3.05, 3.63) is 57.8 Å². The van der Waals surface area contributed by atoms with Crippen LogP contribution in [0.5, 0.6) is 0 Å². The largest absolute Gasteiger partial charge is 0.378 e. The van der Waals surface area contributed by atoms with Crippen molar-refractivity contribution in [1.82, 2.24) is 0 Å². The molecule has 0 amide bonds. The first-order valence-electron chi connectivity index (χ1n) is 7.63. The SMILES string of the molecule is CC.CCCc1cccc(CC(N)O)c1.Cc1cccs1. The van der Waals surface area contributed by atoms with Crippen molar-refractivity contribution in [2.45, 2.75) is 53.2 Å². The van der Waals surface area contributed by atoms with Gasteiger partial charge in [0.1, 0.15) is 6.23 Å². The lowest BCUT2D eigenvalue weighted by molar-refractivity contribution is 0.183. The zero-order chi connectivity index (χ0) is 16.1. The molecular weight excluding hydrogens is 278 g/mol. The molecule has 3 heteroatoms. The van der Waals surface area contributed by atoms with Gasteiger partial charge < -0.3 is 10.8 Å². The van der Waals surface area contributed by atoms with Gasteiger partial charge in [-0.3, -0.25) is 0 Å². The number of nitrogens with two attached hydrogens (primary N) is 1. The third kappa shape index (κ3) is 10.2. The minimum absolute atomic E-state index is 0.539. The van der Waals surface area contributed by atoms with Gasteiger partial charge in [-0.15, -0.1) is 11.3 Å². The van der Waals surface area contributed by atoms with E-state index in [-0.39, 0.29) is 0 Å². The molecule has 0 fully saturated rings. The molecule has 21 heavy (non-hydrogen) atoms. The molecule has 0 radical (unpaired) electrons. The normalized spacial score (nSPS) is 10.8. The fraction of sp³-hybridized carbons (Fsp3) is 0.444. The van der Waals surface area contributed by atoms with Gasteiger partial charge in [-0.05, 0) is 35.9 Å². The molecule has 0 bridgehead atoms. The highest BCUT2D eigenvalue weighted by Crippen LogP contribution is 2.08. The second-order valence-corrected chi connectivity index (χ2v) is 5.72. The topological polar surface area (TPSA) is 46.2 Å². The van der Waals surface area contributed by atoms with E-state index in [0.717, 1.165) is 18.4 Å². The minimum Gasteiger partial charge on any atom is -0.378 e. The Labute approximate surface area is 133 Å². The Morgan fingerprint density at radius 1 is 1.14 bits per heavy atom. The fourth-order valence-electron chi connectivity index (χ4n) is 1.80. The molecule has 0 aliphatic rings. The number of rotatable bonds is 4. The Bertz CT molecular complexity index is 452. The minimum atomic E-state index is -0.739. The smallest absolute Gasteiger partial charge is 0.106 e. The van der Waals surface area contributed by atoms with Crippen LogP contribution in [0, 0.1) is 6.92 Å². The number of hydrogen-bond donors (Lipinski definition) is 2. The van der Waals surface area contributed by atoms with Crippen molar-refractivity contribution in [2.75, 3.05) is 0 Å². The molecule has 1 unspecified atom stereocenters. The Kier molecular flexibility index (Phi) is 11.9. The van der Waals surface area contributed by atoms with Gasteiger partial charge in [0.15, 0.2) is 0 Å². The molecule has 1 aromatic carbocycles. The number of benzene rings is 1. The lowest BCUT2D eigenvalue weighted by Gasteiger charge is -2.06. The number of hydrogen-bond acceptors (Lipinski definition) is 3. The van der Waals surface area contributed by atoms with E-state index in [1.807, 2.05) is 26.0 Å². The maximum atomic E-state index is 9.00. The molecule has 2 aromatic rings. The van der Waals surface area contributed by atoms with Crippen LogP contribution in [0.15, 0.2) is 41.8 Å². The predicted octanol–water partition coefficient (Wildman–Crippen LogP) is 4.54. The highest BCUT2D eigenvalue weighted by Gasteiger charge is 1.99. The van der Waals surface area contributed by atoms with Crippen molar-refractivity contribution < 1.29 is 5.11 Å². The summed E-state index contributed by atoms with van der Waals surface area (Å²) >= 11 is 1.78. The summed E-state index contributed by atoms with van der Waals surface area (Å²) in [6.45, 7) is 8.26. The second-order valence-electron chi connectivity index (χ2n) is 4.57. The molecule has 1 aromatic heterocycles. The lowest BCUT2D eigenvalue weighted by atomic mass is 10.0. The first-order chi connectivity index (χ1) is 10.1. The zero-order valence-electron chi connectivity index (χ0n) is 13.7. The molecule has 0 saturated carbocycles. The molecule has 0 aliphatic carbocycles. The van der Waals surface area contributed by atoms with Crippen molar-refractivity contribution in [3.8, 4) is 0 Å². The van der Waals surface area contributed by atoms with E-state index in [1.165, 1.54) is 10.4 Å². The van der Waals surface area contributed by atoms with Gasteiger partial charge in [-0.25, -0.2) is 0 Å². The predicted molar refractivity (Wildman–Crippen MR) is 94.7 cm³/mol.